The van der Waals surface area contributed by atoms with Crippen LogP contribution in [0, 0.1) is 17.5 Å². The van der Waals surface area contributed by atoms with Crippen molar-refractivity contribution in [3.05, 3.63) is 112 Å². The molecule has 3 aromatic carbocycles. The number of anilines is 3. The molecule has 0 unspecified atom stereocenters. The first-order chi connectivity index (χ1) is 43.2. The second-order valence-corrected chi connectivity index (χ2v) is 20.1. The fraction of sp³-hybridized carbons (Fsp3) is 0.314. The van der Waals surface area contributed by atoms with Gasteiger partial charge in [-0.1, -0.05) is 24.2 Å². The number of likely N-dealkylation sites (N-methyl/N-ethyl adjacent to an activating group) is 1. The molecule has 0 fully saturated rings. The van der Waals surface area contributed by atoms with Crippen LogP contribution in [0.2, 0.25) is 0 Å². The molecule has 8 aromatic rings. The molecule has 92 heavy (non-hydrogen) atoms. The predicted octanol–water partition coefficient (Wildman–Crippen LogP) is 2.10. The number of benzene rings is 3. The van der Waals surface area contributed by atoms with E-state index in [4.69, 9.17) is 24.0 Å². The Morgan fingerprint density at radius 3 is 1.52 bits per heavy atom. The summed E-state index contributed by atoms with van der Waals surface area (Å²) in [5.74, 6) is -6.63. The van der Waals surface area contributed by atoms with Gasteiger partial charge in [0.1, 0.15) is 17.5 Å². The van der Waals surface area contributed by atoms with Crippen LogP contribution in [0.25, 0.3) is 34.4 Å². The van der Waals surface area contributed by atoms with Crippen LogP contribution in [0.4, 0.5) is 36.3 Å². The van der Waals surface area contributed by atoms with Crippen molar-refractivity contribution in [2.75, 3.05) is 62.3 Å². The summed E-state index contributed by atoms with van der Waals surface area (Å²) in [5.41, 5.74) is 7.84. The Morgan fingerprint density at radius 2 is 1.05 bits per heavy atom. The van der Waals surface area contributed by atoms with E-state index < -0.39 is 64.1 Å². The number of hydroxylamine groups is 1. The van der Waals surface area contributed by atoms with E-state index in [0.717, 1.165) is 22.8 Å². The van der Waals surface area contributed by atoms with Crippen molar-refractivity contribution >= 4 is 112 Å². The number of methoxy groups -OCH3 is 1. The third kappa shape index (κ3) is 22.3. The summed E-state index contributed by atoms with van der Waals surface area (Å²) in [6, 6.07) is 11.9. The molecule has 5 heterocycles. The smallest absolute Gasteiger partial charge is 0.870 e. The molecule has 0 saturated heterocycles. The van der Waals surface area contributed by atoms with Crippen LogP contribution in [0.3, 0.4) is 0 Å². The third-order valence-corrected chi connectivity index (χ3v) is 12.9. The van der Waals surface area contributed by atoms with Gasteiger partial charge in [0.25, 0.3) is 11.8 Å². The SMILES string of the molecule is CCCC(=O)C(=O)NCCNc1nonc1C(=Nc1ccc(F)c(Br)c1)NO.CCN.CCNC(=O)C(=O)CCCNc1nonc1-c1noc(=O)n1-c1ccc(F)c(Br)c1.COC(=O)C(=O)CCCNc1nonc1-c1noc(=O)n1-c1ccc(F)c(Br)c1.[Na+].[OH-]. The number of carbonyl (C=O) groups excluding carboxylic acids is 6. The van der Waals surface area contributed by atoms with E-state index in [-0.39, 0.29) is 157 Å². The molecule has 0 radical (unpaired) electrons. The number of nitrogens with one attached hydrogen (secondary N) is 6. The van der Waals surface area contributed by atoms with Gasteiger partial charge in [0, 0.05) is 52.0 Å². The van der Waals surface area contributed by atoms with Crippen LogP contribution < -0.4 is 78.9 Å². The Labute approximate surface area is 563 Å². The Hall–Kier alpha value is -8.64. The molecule has 41 heteroatoms. The minimum atomic E-state index is -0.911. The van der Waals surface area contributed by atoms with Crippen molar-refractivity contribution in [3.8, 4) is 34.4 Å². The number of ketones is 3. The average Bonchev–Trinajstić information content (AvgIpc) is 1.64. The summed E-state index contributed by atoms with van der Waals surface area (Å²) in [5, 5.41) is 52.5. The maximum Gasteiger partial charge on any atom is 1.00 e. The van der Waals surface area contributed by atoms with Gasteiger partial charge >= 0.3 is 47.0 Å². The first kappa shape index (κ1) is 77.6. The second-order valence-electron chi connectivity index (χ2n) is 17.5. The van der Waals surface area contributed by atoms with Crippen molar-refractivity contribution in [3.63, 3.8) is 0 Å². The summed E-state index contributed by atoms with van der Waals surface area (Å²) in [6.45, 7) is 7.45. The number of nitrogens with zero attached hydrogens (tertiary/aromatic N) is 11. The van der Waals surface area contributed by atoms with Gasteiger partial charge in [-0.15, -0.1) is 0 Å². The van der Waals surface area contributed by atoms with E-state index in [1.807, 2.05) is 19.3 Å². The predicted molar refractivity (Wildman–Crippen MR) is 320 cm³/mol. The van der Waals surface area contributed by atoms with Gasteiger partial charge in [0.15, 0.2) is 22.9 Å². The van der Waals surface area contributed by atoms with E-state index >= 15 is 0 Å². The molecule has 0 aliphatic carbocycles. The van der Waals surface area contributed by atoms with Gasteiger partial charge in [-0.2, -0.15) is 0 Å². The molecule has 0 atom stereocenters. The number of aliphatic imine (C=N–C) groups is 1. The molecule has 8 rings (SSSR count). The van der Waals surface area contributed by atoms with Gasteiger partial charge in [0.2, 0.25) is 46.5 Å². The molecular formula is C51H55Br3F3N18NaO16. The summed E-state index contributed by atoms with van der Waals surface area (Å²) < 4.78 is 70.9. The van der Waals surface area contributed by atoms with E-state index in [2.05, 4.69) is 130 Å². The number of aromatic nitrogens is 10. The topological polar surface area (TPSA) is 485 Å². The quantitative estimate of drug-likeness (QED) is 0.00732. The molecule has 2 amide bonds. The van der Waals surface area contributed by atoms with Crippen LogP contribution in [-0.2, 0) is 33.5 Å². The number of Topliss-reactive ketones (excluding diaryl/α,β-unsaturated/α-hetero) is 3. The number of nitrogens with two attached hydrogens (primary N) is 1. The van der Waals surface area contributed by atoms with E-state index in [0.29, 0.717) is 31.5 Å². The van der Waals surface area contributed by atoms with Crippen LogP contribution in [0.5, 0.6) is 0 Å². The standard InChI is InChI=1S/C17H16BrFN6O5.C16H18BrFN6O4.C16H13BrFN5O6.C2H7N.Na.H2O/c1-2-20-16(27)12(26)4-3-7-21-14-13(22-30-23-14)15-24-29-17(28)25(15)9-5-6-11(19)10(18)8-9;1-2-3-12(25)16(26)20-7-6-19-14-13(23-28-24-14)15(22-27)21-9-4-5-11(18)10(17)8-9;1-27-15(25)11(24)3-2-6-19-13-12(20-29-21-13)14-22-28-16(26)23(14)8-4-5-10(18)9(17)7-8;1-2-3;;/h5-6,8H,2-4,7H2,1H3,(H,20,27)(H,21,23);4-5,8,27H,2-3,6-7H2,1H3,(H,19,24)(H,20,26)(H,21,22);4-5,7H,2-3,6H2,1H3,(H,19,21);2-3H2,1H3;;1H2/q;;;;+1;/p-1. The summed E-state index contributed by atoms with van der Waals surface area (Å²) in [4.78, 5) is 97.0. The Bertz CT molecular complexity index is 3910. The van der Waals surface area contributed by atoms with Crippen LogP contribution in [0.1, 0.15) is 65.0 Å². The monoisotopic (exact) mass is 1490 g/mol. The van der Waals surface area contributed by atoms with Crippen molar-refractivity contribution in [2.24, 2.45) is 10.7 Å². The minimum Gasteiger partial charge on any atom is -0.870 e. The van der Waals surface area contributed by atoms with Gasteiger partial charge in [0.05, 0.1) is 37.6 Å². The number of carbonyl (C=O) groups is 6. The Morgan fingerprint density at radius 1 is 0.609 bits per heavy atom. The maximum absolute atomic E-state index is 13.5. The number of hydrogen-bond donors (Lipinski definition) is 8. The summed E-state index contributed by atoms with van der Waals surface area (Å²) in [6.07, 6.45) is 1.45. The minimum absolute atomic E-state index is 0. The number of ether oxygens (including phenoxy) is 1. The number of hydrogen-bond acceptors (Lipinski definition) is 29. The Balaban J connectivity index is 0.000000349. The third-order valence-electron chi connectivity index (χ3n) is 11.1. The van der Waals surface area contributed by atoms with Crippen molar-refractivity contribution in [2.45, 2.75) is 59.3 Å². The van der Waals surface area contributed by atoms with E-state index in [1.54, 1.807) is 6.92 Å². The molecule has 0 bridgehead atoms. The summed E-state index contributed by atoms with van der Waals surface area (Å²) in [7, 11) is 1.13. The van der Waals surface area contributed by atoms with Crippen LogP contribution in [0.15, 0.2) is 106 Å². The van der Waals surface area contributed by atoms with Gasteiger partial charge < -0.3 is 42.5 Å². The molecule has 5 aromatic heterocycles. The fourth-order valence-corrected chi connectivity index (χ4v) is 8.08. The van der Waals surface area contributed by atoms with Crippen molar-refractivity contribution in [1.29, 1.82) is 0 Å². The summed E-state index contributed by atoms with van der Waals surface area (Å²) >= 11 is 9.16. The van der Waals surface area contributed by atoms with Crippen LogP contribution in [-0.4, -0.2) is 148 Å². The number of esters is 1. The van der Waals surface area contributed by atoms with Crippen molar-refractivity contribution in [1.82, 2.24) is 66.5 Å². The van der Waals surface area contributed by atoms with Crippen LogP contribution >= 0.6 is 47.8 Å². The zero-order valence-corrected chi connectivity index (χ0v) is 55.8. The average molecular weight is 1500 g/mol. The molecule has 10 N–H and O–H groups in total. The number of amides is 2. The van der Waals surface area contributed by atoms with Crippen molar-refractivity contribution < 1.29 is 110 Å². The molecule has 0 spiro atoms. The first-order valence-corrected chi connectivity index (χ1v) is 28.8. The Kier molecular flexibility index (Phi) is 33.4. The molecule has 34 nitrogen and oxygen atoms in total. The van der Waals surface area contributed by atoms with E-state index in [1.165, 1.54) is 54.6 Å². The van der Waals surface area contributed by atoms with Gasteiger partial charge in [-0.25, -0.2) is 55.6 Å². The molecule has 0 aliphatic heterocycles. The number of amidine groups is 1. The zero-order valence-electron chi connectivity index (χ0n) is 49.1. The normalized spacial score (nSPS) is 10.5. The first-order valence-electron chi connectivity index (χ1n) is 26.4. The molecule has 488 valence electrons. The largest absolute Gasteiger partial charge is 1.00 e. The molecule has 0 aliphatic rings. The zero-order chi connectivity index (χ0) is 65.9. The molecule has 0 saturated carbocycles. The van der Waals surface area contributed by atoms with Gasteiger partial charge in [-0.3, -0.25) is 43.7 Å². The van der Waals surface area contributed by atoms with Gasteiger partial charge in [-0.05, 0) is 166 Å². The van der Waals surface area contributed by atoms with E-state index in [9.17, 15) is 56.7 Å². The molecular weight excluding hydrogens is 1440 g/mol. The number of halogens is 6. The maximum atomic E-state index is 13.5. The fourth-order valence-electron chi connectivity index (χ4n) is 6.98. The second kappa shape index (κ2) is 39.6. The number of rotatable bonds is 26.